The molecule has 24 heavy (non-hydrogen) atoms. The van der Waals surface area contributed by atoms with Gasteiger partial charge in [-0.2, -0.15) is 13.2 Å². The Kier molecular flexibility index (Phi) is 4.01. The van der Waals surface area contributed by atoms with Crippen LogP contribution in [0.5, 0.6) is 0 Å². The van der Waals surface area contributed by atoms with Crippen molar-refractivity contribution < 1.29 is 18.0 Å². The molecule has 0 aliphatic rings. The van der Waals surface area contributed by atoms with Gasteiger partial charge in [0.2, 0.25) is 5.91 Å². The maximum absolute atomic E-state index is 13.3. The van der Waals surface area contributed by atoms with Crippen LogP contribution < -0.4 is 5.73 Å². The molecule has 2 aromatic carbocycles. The Balaban J connectivity index is 2.11. The zero-order chi connectivity index (χ0) is 17.5. The molecular weight excluding hydrogens is 341 g/mol. The minimum absolute atomic E-state index is 0.170. The number of alkyl halides is 3. The first kappa shape index (κ1) is 16.4. The number of hydrogen-bond donors (Lipinski definition) is 1. The standard InChI is InChI=1S/C17H12ClF3N2O/c18-12-3-1-2-10(6-12)7-16(24)23-14-5-4-13(22)8-11(14)9-15(23)17(19,20)21/h1-6,8-9H,7,22H2. The Morgan fingerprint density at radius 2 is 1.88 bits per heavy atom. The lowest BCUT2D eigenvalue weighted by Gasteiger charge is -2.12. The Morgan fingerprint density at radius 1 is 1.12 bits per heavy atom. The molecule has 1 aromatic heterocycles. The van der Waals surface area contributed by atoms with E-state index in [4.69, 9.17) is 17.3 Å². The van der Waals surface area contributed by atoms with Crippen LogP contribution in [0.4, 0.5) is 18.9 Å². The Labute approximate surface area is 140 Å². The van der Waals surface area contributed by atoms with Crippen molar-refractivity contribution in [1.82, 2.24) is 4.57 Å². The summed E-state index contributed by atoms with van der Waals surface area (Å²) in [5.74, 6) is -0.690. The molecule has 0 radical (unpaired) electrons. The molecule has 0 aliphatic carbocycles. The quantitative estimate of drug-likeness (QED) is 0.675. The molecule has 0 saturated carbocycles. The number of aromatic nitrogens is 1. The van der Waals surface area contributed by atoms with E-state index in [9.17, 15) is 18.0 Å². The molecule has 3 rings (SSSR count). The zero-order valence-electron chi connectivity index (χ0n) is 12.3. The molecule has 2 N–H and O–H groups in total. The lowest BCUT2D eigenvalue weighted by Crippen LogP contribution is -2.21. The van der Waals surface area contributed by atoms with Gasteiger partial charge in [0, 0.05) is 16.1 Å². The van der Waals surface area contributed by atoms with Gasteiger partial charge in [-0.25, -0.2) is 0 Å². The van der Waals surface area contributed by atoms with Crippen molar-refractivity contribution in [1.29, 1.82) is 0 Å². The van der Waals surface area contributed by atoms with Crippen molar-refractivity contribution in [2.24, 2.45) is 0 Å². The number of benzene rings is 2. The molecule has 0 saturated heterocycles. The van der Waals surface area contributed by atoms with Crippen LogP contribution in [0.25, 0.3) is 10.9 Å². The topological polar surface area (TPSA) is 48.0 Å². The van der Waals surface area contributed by atoms with Gasteiger partial charge in [-0.05, 0) is 42.0 Å². The van der Waals surface area contributed by atoms with Crippen LogP contribution in [0, 0.1) is 0 Å². The van der Waals surface area contributed by atoms with E-state index < -0.39 is 17.8 Å². The SMILES string of the molecule is Nc1ccc2c(c1)cc(C(F)(F)F)n2C(=O)Cc1cccc(Cl)c1. The first-order chi connectivity index (χ1) is 11.3. The molecule has 124 valence electrons. The first-order valence-electron chi connectivity index (χ1n) is 7.01. The normalized spacial score (nSPS) is 11.8. The fourth-order valence-electron chi connectivity index (χ4n) is 2.61. The van der Waals surface area contributed by atoms with Gasteiger partial charge in [0.1, 0.15) is 5.69 Å². The highest BCUT2D eigenvalue weighted by Gasteiger charge is 2.37. The number of nitrogen functional groups attached to an aromatic ring is 1. The third-order valence-corrected chi connectivity index (χ3v) is 3.84. The molecule has 3 aromatic rings. The van der Waals surface area contributed by atoms with E-state index in [0.29, 0.717) is 20.8 Å². The third-order valence-electron chi connectivity index (χ3n) is 3.61. The second-order valence-electron chi connectivity index (χ2n) is 5.38. The van der Waals surface area contributed by atoms with E-state index >= 15 is 0 Å². The maximum Gasteiger partial charge on any atom is 0.431 e. The van der Waals surface area contributed by atoms with E-state index in [1.165, 1.54) is 18.2 Å². The van der Waals surface area contributed by atoms with Gasteiger partial charge >= 0.3 is 6.18 Å². The van der Waals surface area contributed by atoms with E-state index in [-0.39, 0.29) is 17.3 Å². The molecule has 0 unspecified atom stereocenters. The van der Waals surface area contributed by atoms with Crippen LogP contribution >= 0.6 is 11.6 Å². The largest absolute Gasteiger partial charge is 0.431 e. The van der Waals surface area contributed by atoms with Crippen molar-refractivity contribution >= 4 is 34.1 Å². The minimum atomic E-state index is -4.65. The number of nitrogens with two attached hydrogens (primary N) is 1. The van der Waals surface area contributed by atoms with Gasteiger partial charge in [-0.15, -0.1) is 0 Å². The summed E-state index contributed by atoms with van der Waals surface area (Å²) in [7, 11) is 0. The van der Waals surface area contributed by atoms with Crippen LogP contribution in [0.15, 0.2) is 48.5 Å². The highest BCUT2D eigenvalue weighted by atomic mass is 35.5. The van der Waals surface area contributed by atoms with E-state index in [1.54, 1.807) is 24.3 Å². The van der Waals surface area contributed by atoms with Crippen molar-refractivity contribution in [3.63, 3.8) is 0 Å². The van der Waals surface area contributed by atoms with Crippen molar-refractivity contribution in [3.05, 3.63) is 64.8 Å². The van der Waals surface area contributed by atoms with Gasteiger partial charge in [0.05, 0.1) is 11.9 Å². The first-order valence-corrected chi connectivity index (χ1v) is 7.39. The minimum Gasteiger partial charge on any atom is -0.399 e. The van der Waals surface area contributed by atoms with Gasteiger partial charge in [-0.3, -0.25) is 9.36 Å². The number of nitrogens with zero attached hydrogens (tertiary/aromatic N) is 1. The molecule has 7 heteroatoms. The van der Waals surface area contributed by atoms with E-state index in [1.807, 2.05) is 0 Å². The second kappa shape index (κ2) is 5.87. The van der Waals surface area contributed by atoms with Gasteiger partial charge in [0.15, 0.2) is 0 Å². The van der Waals surface area contributed by atoms with Gasteiger partial charge in [0.25, 0.3) is 0 Å². The fourth-order valence-corrected chi connectivity index (χ4v) is 2.82. The summed E-state index contributed by atoms with van der Waals surface area (Å²) in [5.41, 5.74) is 5.64. The average Bonchev–Trinajstić information content (AvgIpc) is 2.85. The predicted molar refractivity (Wildman–Crippen MR) is 87.1 cm³/mol. The highest BCUT2D eigenvalue weighted by Crippen LogP contribution is 2.35. The van der Waals surface area contributed by atoms with Crippen molar-refractivity contribution in [2.75, 3.05) is 5.73 Å². The van der Waals surface area contributed by atoms with E-state index in [0.717, 1.165) is 6.07 Å². The highest BCUT2D eigenvalue weighted by molar-refractivity contribution is 6.30. The lowest BCUT2D eigenvalue weighted by atomic mass is 10.1. The summed E-state index contributed by atoms with van der Waals surface area (Å²) in [6, 6.07) is 11.7. The predicted octanol–water partition coefficient (Wildman–Crippen LogP) is 4.78. The fraction of sp³-hybridized carbons (Fsp3) is 0.118. The molecule has 3 nitrogen and oxygen atoms in total. The summed E-state index contributed by atoms with van der Waals surface area (Å²) in [5, 5.41) is 0.684. The third kappa shape index (κ3) is 3.10. The smallest absolute Gasteiger partial charge is 0.399 e. The number of rotatable bonds is 2. The maximum atomic E-state index is 13.3. The summed E-state index contributed by atoms with van der Waals surface area (Å²) in [6.45, 7) is 0. The van der Waals surface area contributed by atoms with E-state index in [2.05, 4.69) is 0 Å². The van der Waals surface area contributed by atoms with Crippen LogP contribution in [0.2, 0.25) is 5.02 Å². The summed E-state index contributed by atoms with van der Waals surface area (Å²) < 4.78 is 40.7. The Morgan fingerprint density at radius 3 is 2.54 bits per heavy atom. The molecule has 0 spiro atoms. The number of halogens is 4. The van der Waals surface area contributed by atoms with Crippen LogP contribution in [0.1, 0.15) is 16.1 Å². The molecule has 1 heterocycles. The van der Waals surface area contributed by atoms with Crippen molar-refractivity contribution in [2.45, 2.75) is 12.6 Å². The van der Waals surface area contributed by atoms with Crippen molar-refractivity contribution in [3.8, 4) is 0 Å². The van der Waals surface area contributed by atoms with Gasteiger partial charge < -0.3 is 5.73 Å². The number of carbonyl (C=O) groups excluding carboxylic acids is 1. The molecule has 0 bridgehead atoms. The zero-order valence-corrected chi connectivity index (χ0v) is 13.0. The average molecular weight is 353 g/mol. The molecule has 0 amide bonds. The summed E-state index contributed by atoms with van der Waals surface area (Å²) in [6.07, 6.45) is -4.85. The second-order valence-corrected chi connectivity index (χ2v) is 5.82. The molecule has 0 aliphatic heterocycles. The van der Waals surface area contributed by atoms with Crippen LogP contribution in [-0.4, -0.2) is 10.5 Å². The number of fused-ring (bicyclic) bond motifs is 1. The summed E-state index contributed by atoms with van der Waals surface area (Å²) >= 11 is 5.86. The Hall–Kier alpha value is -2.47. The van der Waals surface area contributed by atoms with Gasteiger partial charge in [-0.1, -0.05) is 23.7 Å². The number of hydrogen-bond acceptors (Lipinski definition) is 2. The van der Waals surface area contributed by atoms with Crippen LogP contribution in [-0.2, 0) is 12.6 Å². The lowest BCUT2D eigenvalue weighted by molar-refractivity contribution is -0.142. The van der Waals surface area contributed by atoms with Crippen LogP contribution in [0.3, 0.4) is 0 Å². The molecule has 0 atom stereocenters. The monoisotopic (exact) mass is 352 g/mol. The Bertz CT molecular complexity index is 931. The molecule has 0 fully saturated rings. The number of anilines is 1. The summed E-state index contributed by atoms with van der Waals surface area (Å²) in [4.78, 5) is 12.5. The molecular formula is C17H12ClF3N2O. The number of carbonyl (C=O) groups is 1.